The molecule has 3 rings (SSSR count). The molecule has 12 heteroatoms. The summed E-state index contributed by atoms with van der Waals surface area (Å²) in [7, 11) is -2.94. The zero-order valence-electron chi connectivity index (χ0n) is 14.5. The summed E-state index contributed by atoms with van der Waals surface area (Å²) in [6.07, 6.45) is -4.82. The van der Waals surface area contributed by atoms with Crippen molar-refractivity contribution in [2.24, 2.45) is 5.14 Å². The molecule has 0 radical (unpaired) electrons. The van der Waals surface area contributed by atoms with Gasteiger partial charge >= 0.3 is 6.18 Å². The lowest BCUT2D eigenvalue weighted by atomic mass is 9.98. The molecule has 3 aromatic rings. The van der Waals surface area contributed by atoms with Crippen molar-refractivity contribution in [1.29, 1.82) is 0 Å². The predicted molar refractivity (Wildman–Crippen MR) is 102 cm³/mol. The summed E-state index contributed by atoms with van der Waals surface area (Å²) in [5.41, 5.74) is -2.06. The number of aromatic nitrogens is 2. The van der Waals surface area contributed by atoms with Crippen LogP contribution in [0.4, 0.5) is 13.2 Å². The van der Waals surface area contributed by atoms with Crippen molar-refractivity contribution in [3.05, 3.63) is 52.1 Å². The normalized spacial score (nSPS) is 12.2. The highest BCUT2D eigenvalue weighted by molar-refractivity contribution is 7.89. The van der Waals surface area contributed by atoms with Gasteiger partial charge < -0.3 is 4.74 Å². The number of nitrogens with zero attached hydrogens (tertiary/aromatic N) is 1. The number of hydrogen-bond donors (Lipinski definition) is 2. The third-order valence-electron chi connectivity index (χ3n) is 3.99. The molecule has 0 atom stereocenters. The molecule has 2 aromatic carbocycles. The van der Waals surface area contributed by atoms with Crippen LogP contribution in [0.2, 0.25) is 10.0 Å². The number of sulfonamides is 1. The number of nitrogens with two attached hydrogens (primary N) is 1. The summed E-state index contributed by atoms with van der Waals surface area (Å²) in [6, 6.07) is 7.74. The minimum Gasteiger partial charge on any atom is -0.494 e. The number of primary sulfonamides is 1. The van der Waals surface area contributed by atoms with E-state index >= 15 is 0 Å². The van der Waals surface area contributed by atoms with E-state index in [0.29, 0.717) is 0 Å². The van der Waals surface area contributed by atoms with Crippen molar-refractivity contribution in [3.8, 4) is 28.1 Å². The van der Waals surface area contributed by atoms with Crippen LogP contribution in [0.5, 0.6) is 5.75 Å². The highest BCUT2D eigenvalue weighted by atomic mass is 35.5. The van der Waals surface area contributed by atoms with Crippen LogP contribution < -0.4 is 9.88 Å². The molecule has 3 N–H and O–H groups in total. The van der Waals surface area contributed by atoms with Crippen molar-refractivity contribution in [3.63, 3.8) is 0 Å². The second-order valence-corrected chi connectivity index (χ2v) is 8.18. The van der Waals surface area contributed by atoms with Crippen LogP contribution in [-0.2, 0) is 16.2 Å². The Morgan fingerprint density at radius 3 is 2.24 bits per heavy atom. The Labute approximate surface area is 173 Å². The summed E-state index contributed by atoms with van der Waals surface area (Å²) in [5.74, 6) is 0.0839. The van der Waals surface area contributed by atoms with Gasteiger partial charge in [-0.15, -0.1) is 0 Å². The Bertz CT molecular complexity index is 1170. The first-order valence-corrected chi connectivity index (χ1v) is 10.1. The quantitative estimate of drug-likeness (QED) is 0.581. The lowest BCUT2D eigenvalue weighted by molar-refractivity contribution is -0.140. The fourth-order valence-electron chi connectivity index (χ4n) is 2.83. The van der Waals surface area contributed by atoms with Gasteiger partial charge in [0.15, 0.2) is 5.75 Å². The Morgan fingerprint density at radius 1 is 1.14 bits per heavy atom. The van der Waals surface area contributed by atoms with Crippen molar-refractivity contribution in [2.45, 2.75) is 11.1 Å². The number of rotatable bonds is 4. The Hall–Kier alpha value is -2.27. The number of alkyl halides is 3. The molecule has 6 nitrogen and oxygen atoms in total. The Morgan fingerprint density at radius 2 is 1.72 bits per heavy atom. The van der Waals surface area contributed by atoms with Crippen LogP contribution in [-0.4, -0.2) is 25.7 Å². The largest absolute Gasteiger partial charge is 0.494 e. The smallest absolute Gasteiger partial charge is 0.433 e. The molecule has 0 aliphatic carbocycles. The molecule has 29 heavy (non-hydrogen) atoms. The number of methoxy groups -OCH3 is 1. The predicted octanol–water partition coefficient (Wildman–Crippen LogP) is 4.73. The average Bonchev–Trinajstić information content (AvgIpc) is 3.06. The van der Waals surface area contributed by atoms with E-state index in [0.717, 1.165) is 0 Å². The van der Waals surface area contributed by atoms with Gasteiger partial charge in [0.25, 0.3) is 0 Å². The van der Waals surface area contributed by atoms with Crippen LogP contribution in [0.3, 0.4) is 0 Å². The summed E-state index contributed by atoms with van der Waals surface area (Å²) in [5, 5.41) is 10.8. The Kier molecular flexibility index (Phi) is 5.56. The van der Waals surface area contributed by atoms with Gasteiger partial charge in [0.1, 0.15) is 11.4 Å². The molecule has 1 heterocycles. The van der Waals surface area contributed by atoms with Gasteiger partial charge in [-0.3, -0.25) is 5.10 Å². The van der Waals surface area contributed by atoms with Crippen LogP contribution >= 0.6 is 23.2 Å². The van der Waals surface area contributed by atoms with Gasteiger partial charge in [0.2, 0.25) is 10.0 Å². The van der Waals surface area contributed by atoms with Crippen LogP contribution in [0.25, 0.3) is 22.4 Å². The van der Waals surface area contributed by atoms with Crippen molar-refractivity contribution >= 4 is 33.2 Å². The molecule has 0 aliphatic heterocycles. The number of aromatic amines is 1. The molecule has 0 spiro atoms. The zero-order valence-corrected chi connectivity index (χ0v) is 16.8. The molecule has 1 aromatic heterocycles. The number of H-pyrrole nitrogens is 1. The first kappa shape index (κ1) is 21.4. The summed E-state index contributed by atoms with van der Waals surface area (Å²) < 4.78 is 69.8. The van der Waals surface area contributed by atoms with E-state index in [-0.39, 0.29) is 37.5 Å². The van der Waals surface area contributed by atoms with Gasteiger partial charge in [0.05, 0.1) is 22.1 Å². The van der Waals surface area contributed by atoms with E-state index in [1.54, 1.807) is 0 Å². The van der Waals surface area contributed by atoms with E-state index in [2.05, 4.69) is 5.10 Å². The number of benzene rings is 2. The number of ether oxygens (including phenoxy) is 1. The fourth-order valence-corrected chi connectivity index (χ4v) is 4.21. The summed E-state index contributed by atoms with van der Waals surface area (Å²) in [4.78, 5) is -0.382. The molecule has 0 aliphatic rings. The highest BCUT2D eigenvalue weighted by Crippen LogP contribution is 2.45. The van der Waals surface area contributed by atoms with E-state index in [9.17, 15) is 21.6 Å². The maximum atomic E-state index is 13.6. The molecule has 0 saturated carbocycles. The highest BCUT2D eigenvalue weighted by Gasteiger charge is 2.39. The molecule has 0 fully saturated rings. The topological polar surface area (TPSA) is 98.1 Å². The monoisotopic (exact) mass is 465 g/mol. The maximum Gasteiger partial charge on any atom is 0.433 e. The minimum absolute atomic E-state index is 0.0324. The maximum absolute atomic E-state index is 13.6. The first-order chi connectivity index (χ1) is 13.4. The molecule has 0 bridgehead atoms. The SMILES string of the molecule is COc1c(Cl)cc(-c2c(-c3ccccc3S(N)(=O)=O)n[nH]c2C(F)(F)F)cc1Cl. The summed E-state index contributed by atoms with van der Waals surface area (Å²) >= 11 is 12.2. The lowest BCUT2D eigenvalue weighted by Crippen LogP contribution is -2.13. The number of nitrogens with one attached hydrogen (secondary N) is 1. The molecular formula is C17H12Cl2F3N3O3S. The average molecular weight is 466 g/mol. The molecular weight excluding hydrogens is 454 g/mol. The second kappa shape index (κ2) is 7.52. The van der Waals surface area contributed by atoms with E-state index in [1.165, 1.54) is 43.5 Å². The third-order valence-corrected chi connectivity index (χ3v) is 5.52. The summed E-state index contributed by atoms with van der Waals surface area (Å²) in [6.45, 7) is 0. The van der Waals surface area contributed by atoms with E-state index < -0.39 is 27.5 Å². The van der Waals surface area contributed by atoms with Crippen LogP contribution in [0, 0.1) is 0 Å². The number of halogens is 5. The van der Waals surface area contributed by atoms with Crippen LogP contribution in [0.1, 0.15) is 5.69 Å². The standard InChI is InChI=1S/C17H12Cl2F3N3O3S/c1-28-15-10(18)6-8(7-11(15)19)13-14(24-25-16(13)17(20,21)22)9-4-2-3-5-12(9)29(23,26)27/h2-7H,1H3,(H,24,25)(H2,23,26,27). The van der Waals surface area contributed by atoms with Crippen molar-refractivity contribution in [1.82, 2.24) is 10.2 Å². The Balaban J connectivity index is 2.39. The van der Waals surface area contributed by atoms with Gasteiger partial charge in [-0.05, 0) is 23.8 Å². The molecule has 0 unspecified atom stereocenters. The molecule has 0 amide bonds. The van der Waals surface area contributed by atoms with Gasteiger partial charge in [-0.1, -0.05) is 41.4 Å². The minimum atomic E-state index is -4.82. The van der Waals surface area contributed by atoms with Crippen molar-refractivity contribution < 1.29 is 26.3 Å². The molecule has 0 saturated heterocycles. The molecule has 154 valence electrons. The number of hydrogen-bond acceptors (Lipinski definition) is 4. The zero-order chi connectivity index (χ0) is 21.6. The van der Waals surface area contributed by atoms with Crippen molar-refractivity contribution in [2.75, 3.05) is 7.11 Å². The van der Waals surface area contributed by atoms with Gasteiger partial charge in [0, 0.05) is 11.1 Å². The van der Waals surface area contributed by atoms with Gasteiger partial charge in [-0.2, -0.15) is 18.3 Å². The van der Waals surface area contributed by atoms with Crippen LogP contribution in [0.15, 0.2) is 41.3 Å². The first-order valence-electron chi connectivity index (χ1n) is 7.76. The lowest BCUT2D eigenvalue weighted by Gasteiger charge is -2.13. The van der Waals surface area contributed by atoms with Gasteiger partial charge in [-0.25, -0.2) is 13.6 Å². The van der Waals surface area contributed by atoms with E-state index in [1.807, 2.05) is 5.10 Å². The van der Waals surface area contributed by atoms with E-state index in [4.69, 9.17) is 33.1 Å². The second-order valence-electron chi connectivity index (χ2n) is 5.83. The third kappa shape index (κ3) is 4.06. The fraction of sp³-hybridized carbons (Fsp3) is 0.118.